The minimum absolute atomic E-state index is 0.0389. The maximum Gasteiger partial charge on any atom is 0.233 e. The van der Waals surface area contributed by atoms with Gasteiger partial charge in [-0.25, -0.2) is 8.78 Å². The van der Waals surface area contributed by atoms with Crippen molar-refractivity contribution in [3.63, 3.8) is 0 Å². The summed E-state index contributed by atoms with van der Waals surface area (Å²) in [4.78, 5) is 33.8. The quantitative estimate of drug-likeness (QED) is 0.515. The number of amides is 2. The van der Waals surface area contributed by atoms with Crippen LogP contribution in [0.1, 0.15) is 50.5 Å². The van der Waals surface area contributed by atoms with Gasteiger partial charge in [-0.05, 0) is 63.1 Å². The fourth-order valence-electron chi connectivity index (χ4n) is 6.68. The third-order valence-electron chi connectivity index (χ3n) is 8.95. The molecule has 1 aliphatic carbocycles. The van der Waals surface area contributed by atoms with E-state index < -0.39 is 10.8 Å². The van der Waals surface area contributed by atoms with Crippen LogP contribution in [0.25, 0.3) is 0 Å². The molecular weight excluding hydrogens is 500 g/mol. The van der Waals surface area contributed by atoms with Crippen molar-refractivity contribution in [2.45, 2.75) is 50.4 Å². The molecule has 1 saturated carbocycles. The zero-order chi connectivity index (χ0) is 27.5. The first-order valence-electron chi connectivity index (χ1n) is 14.2. The Bertz CT molecular complexity index is 1160. The van der Waals surface area contributed by atoms with Crippen molar-refractivity contribution in [1.29, 1.82) is 0 Å². The van der Waals surface area contributed by atoms with Crippen molar-refractivity contribution in [2.75, 3.05) is 52.9 Å². The van der Waals surface area contributed by atoms with E-state index in [0.717, 1.165) is 38.8 Å². The zero-order valence-corrected chi connectivity index (χ0v) is 22.8. The summed E-state index contributed by atoms with van der Waals surface area (Å²) < 4.78 is 34.7. The van der Waals surface area contributed by atoms with Gasteiger partial charge in [0.15, 0.2) is 0 Å². The van der Waals surface area contributed by atoms with E-state index in [1.165, 1.54) is 18.2 Å². The summed E-state index contributed by atoms with van der Waals surface area (Å²) in [6, 6.07) is 12.5. The number of hydrogen-bond acceptors (Lipinski definition) is 4. The number of piperazine rings is 1. The number of carbonyl (C=O) groups excluding carboxylic acids is 2. The number of nitrogens with zero attached hydrogens (tertiary/aromatic N) is 3. The highest BCUT2D eigenvalue weighted by atomic mass is 19.1. The van der Waals surface area contributed by atoms with E-state index in [9.17, 15) is 14.0 Å². The Hall–Kier alpha value is -3.00. The molecule has 0 N–H and O–H groups in total. The van der Waals surface area contributed by atoms with Crippen LogP contribution in [-0.4, -0.2) is 79.4 Å². The molecule has 210 valence electrons. The van der Waals surface area contributed by atoms with Crippen molar-refractivity contribution in [3.05, 3.63) is 65.7 Å². The Morgan fingerprint density at radius 2 is 1.54 bits per heavy atom. The van der Waals surface area contributed by atoms with E-state index in [2.05, 4.69) is 11.9 Å². The highest BCUT2D eigenvalue weighted by molar-refractivity contribution is 5.89. The molecule has 2 saturated heterocycles. The number of piperidine rings is 1. The summed E-state index contributed by atoms with van der Waals surface area (Å²) in [6.07, 6.45) is 4.77. The van der Waals surface area contributed by atoms with Gasteiger partial charge in [0.2, 0.25) is 11.8 Å². The summed E-state index contributed by atoms with van der Waals surface area (Å²) in [5, 5.41) is 0. The second-order valence-electron chi connectivity index (χ2n) is 11.7. The van der Waals surface area contributed by atoms with Crippen molar-refractivity contribution in [3.8, 4) is 5.75 Å². The summed E-state index contributed by atoms with van der Waals surface area (Å²) in [5.41, 5.74) is -0.967. The number of likely N-dealkylation sites (tertiary alicyclic amines) is 1. The highest BCUT2D eigenvalue weighted by Crippen LogP contribution is 2.45. The van der Waals surface area contributed by atoms with Crippen molar-refractivity contribution in [2.24, 2.45) is 5.41 Å². The topological polar surface area (TPSA) is 53.1 Å². The second-order valence-corrected chi connectivity index (χ2v) is 11.7. The first-order valence-corrected chi connectivity index (χ1v) is 14.2. The predicted molar refractivity (Wildman–Crippen MR) is 145 cm³/mol. The summed E-state index contributed by atoms with van der Waals surface area (Å²) in [6.45, 7) is 4.24. The lowest BCUT2D eigenvalue weighted by Crippen LogP contribution is -2.56. The Morgan fingerprint density at radius 1 is 0.846 bits per heavy atom. The lowest BCUT2D eigenvalue weighted by molar-refractivity contribution is -0.146. The first kappa shape index (κ1) is 27.6. The van der Waals surface area contributed by atoms with Crippen LogP contribution < -0.4 is 4.74 Å². The van der Waals surface area contributed by atoms with Gasteiger partial charge in [0.05, 0.1) is 12.0 Å². The number of carbonyl (C=O) groups is 2. The second kappa shape index (κ2) is 11.6. The van der Waals surface area contributed by atoms with Gasteiger partial charge in [-0.2, -0.15) is 0 Å². The van der Waals surface area contributed by atoms with Crippen LogP contribution in [0.4, 0.5) is 8.78 Å². The lowest BCUT2D eigenvalue weighted by atomic mass is 9.73. The Morgan fingerprint density at radius 3 is 2.23 bits per heavy atom. The molecule has 5 rings (SSSR count). The molecule has 6 nitrogen and oxygen atoms in total. The number of likely N-dealkylation sites (N-methyl/N-ethyl adjacent to an activating group) is 1. The fourth-order valence-corrected chi connectivity index (χ4v) is 6.68. The monoisotopic (exact) mass is 539 g/mol. The normalized spacial score (nSPS) is 23.6. The Balaban J connectivity index is 1.39. The largest absolute Gasteiger partial charge is 0.493 e. The molecule has 2 heterocycles. The molecule has 3 fully saturated rings. The van der Waals surface area contributed by atoms with E-state index in [0.29, 0.717) is 50.3 Å². The van der Waals surface area contributed by atoms with Crippen LogP contribution in [0.2, 0.25) is 0 Å². The van der Waals surface area contributed by atoms with Crippen molar-refractivity contribution >= 4 is 11.8 Å². The van der Waals surface area contributed by atoms with Crippen LogP contribution in [0.15, 0.2) is 48.5 Å². The molecule has 8 heteroatoms. The van der Waals surface area contributed by atoms with Gasteiger partial charge in [0.1, 0.15) is 17.4 Å². The minimum atomic E-state index is -0.867. The zero-order valence-electron chi connectivity index (χ0n) is 22.8. The molecule has 0 aromatic heterocycles. The molecule has 0 bridgehead atoms. The van der Waals surface area contributed by atoms with Gasteiger partial charge in [0.25, 0.3) is 0 Å². The summed E-state index contributed by atoms with van der Waals surface area (Å²) in [7, 11) is 2.05. The molecule has 0 spiro atoms. The highest BCUT2D eigenvalue weighted by Gasteiger charge is 2.49. The SMILES string of the molecule is CN1CCN(C(=O)C[C@@]2(COc3ccc(F)cc3)CCCN(C(=O)C3(c4ccccc4F)CCCC3)C2)CC1. The van der Waals surface area contributed by atoms with Gasteiger partial charge >= 0.3 is 0 Å². The molecule has 3 aliphatic rings. The lowest BCUT2D eigenvalue weighted by Gasteiger charge is -2.46. The van der Waals surface area contributed by atoms with Gasteiger partial charge in [-0.1, -0.05) is 31.0 Å². The van der Waals surface area contributed by atoms with E-state index in [1.54, 1.807) is 30.3 Å². The fraction of sp³-hybridized carbons (Fsp3) is 0.548. The van der Waals surface area contributed by atoms with Gasteiger partial charge < -0.3 is 19.4 Å². The third-order valence-corrected chi connectivity index (χ3v) is 8.95. The molecular formula is C31H39F2N3O3. The van der Waals surface area contributed by atoms with Crippen molar-refractivity contribution in [1.82, 2.24) is 14.7 Å². The van der Waals surface area contributed by atoms with Gasteiger partial charge in [0, 0.05) is 56.7 Å². The van der Waals surface area contributed by atoms with Crippen LogP contribution in [0, 0.1) is 17.0 Å². The average molecular weight is 540 g/mol. The van der Waals surface area contributed by atoms with Crippen LogP contribution in [0.5, 0.6) is 5.75 Å². The third kappa shape index (κ3) is 5.96. The molecule has 0 unspecified atom stereocenters. The smallest absolute Gasteiger partial charge is 0.233 e. The number of rotatable bonds is 7. The molecule has 0 radical (unpaired) electrons. The minimum Gasteiger partial charge on any atom is -0.493 e. The standard InChI is InChI=1S/C31H39F2N3O3/c1-34-17-19-35(20-18-34)28(37)21-30(23-39-25-11-9-24(32)10-12-25)13-6-16-36(22-30)29(38)31(14-4-5-15-31)26-7-2-3-8-27(26)33/h2-3,7-12H,4-6,13-23H2,1H3/t30-/m0/s1. The van der Waals surface area contributed by atoms with Crippen molar-refractivity contribution < 1.29 is 23.1 Å². The maximum atomic E-state index is 15.0. The van der Waals surface area contributed by atoms with Crippen LogP contribution >= 0.6 is 0 Å². The Labute approximate surface area is 229 Å². The van der Waals surface area contributed by atoms with Gasteiger partial charge in [-0.3, -0.25) is 9.59 Å². The number of benzene rings is 2. The van der Waals surface area contributed by atoms with E-state index in [4.69, 9.17) is 4.74 Å². The van der Waals surface area contributed by atoms with E-state index >= 15 is 4.39 Å². The predicted octanol–water partition coefficient (Wildman–Crippen LogP) is 4.63. The number of hydrogen-bond donors (Lipinski definition) is 0. The maximum absolute atomic E-state index is 15.0. The molecule has 2 aromatic rings. The van der Waals surface area contributed by atoms with E-state index in [-0.39, 0.29) is 36.5 Å². The first-order chi connectivity index (χ1) is 18.8. The molecule has 39 heavy (non-hydrogen) atoms. The molecule has 2 amide bonds. The van der Waals surface area contributed by atoms with Crippen LogP contribution in [0.3, 0.4) is 0 Å². The molecule has 1 atom stereocenters. The Kier molecular flexibility index (Phi) is 8.21. The average Bonchev–Trinajstić information content (AvgIpc) is 3.44. The summed E-state index contributed by atoms with van der Waals surface area (Å²) in [5.74, 6) is -0.106. The number of ether oxygens (including phenoxy) is 1. The van der Waals surface area contributed by atoms with Crippen LogP contribution in [-0.2, 0) is 15.0 Å². The summed E-state index contributed by atoms with van der Waals surface area (Å²) >= 11 is 0. The molecule has 2 aromatic carbocycles. The van der Waals surface area contributed by atoms with E-state index in [1.807, 2.05) is 9.80 Å². The number of halogens is 2. The molecule has 2 aliphatic heterocycles. The van der Waals surface area contributed by atoms with Gasteiger partial charge in [-0.15, -0.1) is 0 Å².